The molecular formula is C8H8N2O3. The Morgan fingerprint density at radius 3 is 2.85 bits per heavy atom. The van der Waals surface area contributed by atoms with Crippen LogP contribution in [-0.2, 0) is 4.84 Å². The first-order valence-corrected chi connectivity index (χ1v) is 3.48. The van der Waals surface area contributed by atoms with E-state index in [-0.39, 0.29) is 5.75 Å². The maximum Gasteiger partial charge on any atom is 0.430 e. The van der Waals surface area contributed by atoms with Gasteiger partial charge >= 0.3 is 6.09 Å². The Bertz CT molecular complexity index is 336. The summed E-state index contributed by atoms with van der Waals surface area (Å²) in [7, 11) is 0. The summed E-state index contributed by atoms with van der Waals surface area (Å²) in [5.41, 5.74) is 5.11. The van der Waals surface area contributed by atoms with Gasteiger partial charge in [0.2, 0.25) is 0 Å². The van der Waals surface area contributed by atoms with Crippen LogP contribution in [0.2, 0.25) is 0 Å². The number of hydrogen-bond acceptors (Lipinski definition) is 4. The maximum atomic E-state index is 10.1. The van der Waals surface area contributed by atoms with E-state index in [4.69, 9.17) is 0 Å². The molecule has 0 unspecified atom stereocenters. The van der Waals surface area contributed by atoms with Crippen molar-refractivity contribution in [3.63, 3.8) is 0 Å². The molecule has 1 amide bonds. The Morgan fingerprint density at radius 2 is 2.23 bits per heavy atom. The molecule has 0 aliphatic heterocycles. The van der Waals surface area contributed by atoms with Crippen molar-refractivity contribution < 1.29 is 14.7 Å². The molecule has 0 saturated carbocycles. The molecule has 0 fully saturated rings. The lowest BCUT2D eigenvalue weighted by Gasteiger charge is -1.95. The van der Waals surface area contributed by atoms with Gasteiger partial charge in [0.15, 0.2) is 0 Å². The van der Waals surface area contributed by atoms with Gasteiger partial charge < -0.3 is 10.8 Å². The molecule has 0 aliphatic carbocycles. The van der Waals surface area contributed by atoms with Crippen molar-refractivity contribution in [3.05, 3.63) is 29.8 Å². The molecule has 13 heavy (non-hydrogen) atoms. The van der Waals surface area contributed by atoms with Crippen LogP contribution in [0.25, 0.3) is 0 Å². The highest BCUT2D eigenvalue weighted by Gasteiger charge is 1.95. The van der Waals surface area contributed by atoms with E-state index in [1.54, 1.807) is 18.2 Å². The Balaban J connectivity index is 2.68. The molecule has 1 aromatic rings. The summed E-state index contributed by atoms with van der Waals surface area (Å²) in [4.78, 5) is 14.2. The SMILES string of the molecule is NC(=O)O/N=C/c1ccccc1O. The molecule has 0 heterocycles. The number of para-hydroxylation sites is 1. The number of nitrogens with two attached hydrogens (primary N) is 1. The second kappa shape index (κ2) is 4.10. The van der Waals surface area contributed by atoms with Crippen LogP contribution in [0.1, 0.15) is 5.56 Å². The summed E-state index contributed by atoms with van der Waals surface area (Å²) in [6, 6.07) is 6.49. The number of nitrogens with zero attached hydrogens (tertiary/aromatic N) is 1. The number of aromatic hydroxyl groups is 1. The Labute approximate surface area is 74.4 Å². The van der Waals surface area contributed by atoms with Crippen molar-refractivity contribution in [1.82, 2.24) is 0 Å². The summed E-state index contributed by atoms with van der Waals surface area (Å²) in [5.74, 6) is 0.0549. The Hall–Kier alpha value is -2.04. The monoisotopic (exact) mass is 180 g/mol. The smallest absolute Gasteiger partial charge is 0.430 e. The second-order valence-corrected chi connectivity index (χ2v) is 2.20. The highest BCUT2D eigenvalue weighted by Crippen LogP contribution is 2.12. The molecule has 0 aromatic heterocycles. The number of amides is 1. The Morgan fingerprint density at radius 1 is 1.54 bits per heavy atom. The quantitative estimate of drug-likeness (QED) is 0.401. The van der Waals surface area contributed by atoms with Gasteiger partial charge in [-0.05, 0) is 12.1 Å². The van der Waals surface area contributed by atoms with Crippen LogP contribution in [-0.4, -0.2) is 17.4 Å². The topological polar surface area (TPSA) is 84.9 Å². The van der Waals surface area contributed by atoms with Crippen LogP contribution in [0.5, 0.6) is 5.75 Å². The predicted octanol–water partition coefficient (Wildman–Crippen LogP) is 0.821. The highest BCUT2D eigenvalue weighted by molar-refractivity contribution is 5.83. The number of oxime groups is 1. The van der Waals surface area contributed by atoms with Gasteiger partial charge in [-0.25, -0.2) is 4.79 Å². The van der Waals surface area contributed by atoms with E-state index in [2.05, 4.69) is 15.7 Å². The number of carbonyl (C=O) groups is 1. The molecule has 1 aromatic carbocycles. The number of rotatable bonds is 2. The van der Waals surface area contributed by atoms with Gasteiger partial charge in [0.25, 0.3) is 0 Å². The predicted molar refractivity (Wildman–Crippen MR) is 46.4 cm³/mol. The second-order valence-electron chi connectivity index (χ2n) is 2.20. The van der Waals surface area contributed by atoms with Crippen LogP contribution < -0.4 is 5.73 Å². The number of primary amides is 1. The first-order chi connectivity index (χ1) is 6.20. The standard InChI is InChI=1S/C8H8N2O3/c9-8(12)13-10-5-6-3-1-2-4-7(6)11/h1-5,11H,(H2,9,12)/b10-5+. The number of phenolic OH excluding ortho intramolecular Hbond substituents is 1. The van der Waals surface area contributed by atoms with Crippen LogP contribution in [0.15, 0.2) is 29.4 Å². The van der Waals surface area contributed by atoms with Crippen molar-refractivity contribution in [2.75, 3.05) is 0 Å². The van der Waals surface area contributed by atoms with Crippen molar-refractivity contribution >= 4 is 12.3 Å². The molecule has 0 bridgehead atoms. The van der Waals surface area contributed by atoms with Gasteiger partial charge in [0.05, 0.1) is 6.21 Å². The summed E-state index contributed by atoms with van der Waals surface area (Å²) < 4.78 is 0. The van der Waals surface area contributed by atoms with E-state index in [0.29, 0.717) is 5.56 Å². The molecule has 68 valence electrons. The molecule has 5 nitrogen and oxygen atoms in total. The van der Waals surface area contributed by atoms with Crippen molar-refractivity contribution in [2.45, 2.75) is 0 Å². The van der Waals surface area contributed by atoms with Crippen molar-refractivity contribution in [3.8, 4) is 5.75 Å². The third-order valence-corrected chi connectivity index (χ3v) is 1.27. The molecule has 3 N–H and O–H groups in total. The van der Waals surface area contributed by atoms with Gasteiger partial charge in [0.1, 0.15) is 5.75 Å². The first kappa shape index (κ1) is 9.05. The maximum absolute atomic E-state index is 10.1. The van der Waals surface area contributed by atoms with Gasteiger partial charge in [-0.15, -0.1) is 0 Å². The molecule has 0 atom stereocenters. The third kappa shape index (κ3) is 2.82. The van der Waals surface area contributed by atoms with Crippen LogP contribution in [0.3, 0.4) is 0 Å². The number of carbonyl (C=O) groups excluding carboxylic acids is 1. The fourth-order valence-electron chi connectivity index (χ4n) is 0.732. The summed E-state index contributed by atoms with van der Waals surface area (Å²) in [6.45, 7) is 0. The van der Waals surface area contributed by atoms with E-state index in [1.165, 1.54) is 12.3 Å². The minimum absolute atomic E-state index is 0.0549. The average Bonchev–Trinajstić information content (AvgIpc) is 2.08. The fourth-order valence-corrected chi connectivity index (χ4v) is 0.732. The number of benzene rings is 1. The molecule has 0 spiro atoms. The van der Waals surface area contributed by atoms with E-state index < -0.39 is 6.09 Å². The normalized spacial score (nSPS) is 10.2. The highest BCUT2D eigenvalue weighted by atomic mass is 16.7. The van der Waals surface area contributed by atoms with Gasteiger partial charge in [-0.1, -0.05) is 17.3 Å². The number of hydrogen-bond donors (Lipinski definition) is 2. The zero-order valence-electron chi connectivity index (χ0n) is 6.68. The number of phenols is 1. The van der Waals surface area contributed by atoms with Crippen LogP contribution in [0.4, 0.5) is 4.79 Å². The zero-order valence-corrected chi connectivity index (χ0v) is 6.68. The van der Waals surface area contributed by atoms with E-state index in [9.17, 15) is 9.90 Å². The molecule has 0 radical (unpaired) electrons. The van der Waals surface area contributed by atoms with Gasteiger partial charge in [-0.3, -0.25) is 4.84 Å². The van der Waals surface area contributed by atoms with Gasteiger partial charge in [0, 0.05) is 5.56 Å². The van der Waals surface area contributed by atoms with Crippen molar-refractivity contribution in [2.24, 2.45) is 10.9 Å². The minimum atomic E-state index is -0.994. The summed E-state index contributed by atoms with van der Waals surface area (Å²) in [6.07, 6.45) is 0.201. The molecule has 0 aliphatic rings. The van der Waals surface area contributed by atoms with Crippen LogP contribution >= 0.6 is 0 Å². The minimum Gasteiger partial charge on any atom is -0.507 e. The van der Waals surface area contributed by atoms with E-state index in [1.807, 2.05) is 0 Å². The third-order valence-electron chi connectivity index (χ3n) is 1.27. The summed E-state index contributed by atoms with van der Waals surface area (Å²) in [5, 5.41) is 12.5. The molecular weight excluding hydrogens is 172 g/mol. The van der Waals surface area contributed by atoms with E-state index in [0.717, 1.165) is 0 Å². The van der Waals surface area contributed by atoms with Crippen molar-refractivity contribution in [1.29, 1.82) is 0 Å². The Kier molecular flexibility index (Phi) is 2.86. The lowest BCUT2D eigenvalue weighted by atomic mass is 10.2. The van der Waals surface area contributed by atoms with Gasteiger partial charge in [-0.2, -0.15) is 0 Å². The fraction of sp³-hybridized carbons (Fsp3) is 0. The largest absolute Gasteiger partial charge is 0.507 e. The lowest BCUT2D eigenvalue weighted by Crippen LogP contribution is -2.09. The first-order valence-electron chi connectivity index (χ1n) is 3.48. The molecule has 5 heteroatoms. The lowest BCUT2D eigenvalue weighted by molar-refractivity contribution is 0.162. The van der Waals surface area contributed by atoms with E-state index >= 15 is 0 Å². The van der Waals surface area contributed by atoms with Crippen LogP contribution in [0, 0.1) is 0 Å². The summed E-state index contributed by atoms with van der Waals surface area (Å²) >= 11 is 0. The molecule has 1 rings (SSSR count). The zero-order chi connectivity index (χ0) is 9.68. The molecule has 0 saturated heterocycles. The average molecular weight is 180 g/mol.